The Morgan fingerprint density at radius 2 is 1.80 bits per heavy atom. The molecule has 2 saturated heterocycles. The molecule has 5 heterocycles. The number of fused-ring (bicyclic) bond motifs is 1. The number of H-pyrrole nitrogens is 1. The van der Waals surface area contributed by atoms with E-state index in [-0.39, 0.29) is 18.0 Å². The zero-order valence-corrected chi connectivity index (χ0v) is 25.4. The second kappa shape index (κ2) is 12.3. The van der Waals surface area contributed by atoms with Gasteiger partial charge in [-0.25, -0.2) is 4.98 Å². The van der Waals surface area contributed by atoms with Crippen LogP contribution in [0.5, 0.6) is 0 Å². The van der Waals surface area contributed by atoms with Crippen molar-refractivity contribution in [3.8, 4) is 33.8 Å². The minimum Gasteiger partial charge on any atom is -0.461 e. The van der Waals surface area contributed by atoms with Crippen molar-refractivity contribution < 1.29 is 9.53 Å². The van der Waals surface area contributed by atoms with Gasteiger partial charge >= 0.3 is 5.97 Å². The van der Waals surface area contributed by atoms with E-state index in [4.69, 9.17) is 9.72 Å². The molecule has 7 rings (SSSR count). The van der Waals surface area contributed by atoms with Crippen molar-refractivity contribution in [1.82, 2.24) is 29.7 Å². The number of hydrogen-bond acceptors (Lipinski definition) is 7. The third-order valence-corrected chi connectivity index (χ3v) is 8.90. The van der Waals surface area contributed by atoms with Crippen LogP contribution in [0.1, 0.15) is 30.5 Å². The van der Waals surface area contributed by atoms with Gasteiger partial charge in [-0.2, -0.15) is 0 Å². The lowest BCUT2D eigenvalue weighted by Gasteiger charge is -2.32. The number of benzene rings is 2. The highest BCUT2D eigenvalue weighted by molar-refractivity contribution is 5.89. The molecule has 0 aliphatic carbocycles. The number of nitrogens with one attached hydrogen (secondary N) is 1. The van der Waals surface area contributed by atoms with Crippen LogP contribution in [0.3, 0.4) is 0 Å². The zero-order valence-electron chi connectivity index (χ0n) is 25.4. The van der Waals surface area contributed by atoms with E-state index in [9.17, 15) is 4.79 Å². The number of imidazole rings is 1. The van der Waals surface area contributed by atoms with Gasteiger partial charge in [0.25, 0.3) is 0 Å². The van der Waals surface area contributed by atoms with E-state index in [1.165, 1.54) is 5.56 Å². The fourth-order valence-corrected chi connectivity index (χ4v) is 6.53. The number of ether oxygens (including phenoxy) is 1. The highest BCUT2D eigenvalue weighted by Gasteiger charge is 2.30. The highest BCUT2D eigenvalue weighted by atomic mass is 16.5. The van der Waals surface area contributed by atoms with Crippen molar-refractivity contribution in [1.29, 1.82) is 0 Å². The first kappa shape index (κ1) is 28.4. The molecule has 224 valence electrons. The number of hydrogen-bond donors (Lipinski definition) is 1. The molecular formula is C36H38N6O2. The Labute approximate surface area is 258 Å². The van der Waals surface area contributed by atoms with Crippen LogP contribution in [-0.4, -0.2) is 75.0 Å². The normalized spacial score (nSPS) is 19.4. The standard InChI is InChI=1S/C36H38N6O2/c1-24-5-3-7-33(40-24)35-34(38-23-39-35)27-12-13-32-29(17-27)18-30(19-37-32)26-10-8-25(9-11-26)20-42-15-4-6-28(21-42)36(43)44-31-14-16-41(2)22-31/h3,5,7-13,17-19,23,28,31H,4,6,14-16,20-22H2,1-2H3,(H,38,39)/t28?,31-/m1/s1. The predicted molar refractivity (Wildman–Crippen MR) is 173 cm³/mol. The summed E-state index contributed by atoms with van der Waals surface area (Å²) in [4.78, 5) is 34.8. The van der Waals surface area contributed by atoms with E-state index in [2.05, 4.69) is 74.3 Å². The van der Waals surface area contributed by atoms with Crippen LogP contribution in [0, 0.1) is 12.8 Å². The van der Waals surface area contributed by atoms with Crippen molar-refractivity contribution in [2.24, 2.45) is 5.92 Å². The average molecular weight is 587 g/mol. The lowest BCUT2D eigenvalue weighted by Crippen LogP contribution is -2.40. The van der Waals surface area contributed by atoms with Gasteiger partial charge in [0.1, 0.15) is 6.10 Å². The molecule has 3 aromatic heterocycles. The van der Waals surface area contributed by atoms with Gasteiger partial charge in [-0.15, -0.1) is 0 Å². The number of piperidine rings is 1. The number of rotatable bonds is 7. The van der Waals surface area contributed by atoms with E-state index in [1.807, 2.05) is 37.4 Å². The third kappa shape index (κ3) is 6.14. The van der Waals surface area contributed by atoms with E-state index >= 15 is 0 Å². The quantitative estimate of drug-likeness (QED) is 0.230. The fourth-order valence-electron chi connectivity index (χ4n) is 6.53. The summed E-state index contributed by atoms with van der Waals surface area (Å²) >= 11 is 0. The minimum atomic E-state index is -0.0342. The smallest absolute Gasteiger partial charge is 0.310 e. The van der Waals surface area contributed by atoms with Crippen molar-refractivity contribution in [3.05, 3.63) is 90.5 Å². The molecule has 1 unspecified atom stereocenters. The number of aromatic nitrogens is 4. The molecule has 8 nitrogen and oxygen atoms in total. The van der Waals surface area contributed by atoms with Gasteiger partial charge in [0.05, 0.1) is 34.8 Å². The van der Waals surface area contributed by atoms with Crippen LogP contribution >= 0.6 is 0 Å². The Balaban J connectivity index is 1.04. The summed E-state index contributed by atoms with van der Waals surface area (Å²) in [6.07, 6.45) is 6.59. The van der Waals surface area contributed by atoms with Gasteiger partial charge in [-0.1, -0.05) is 36.4 Å². The Morgan fingerprint density at radius 3 is 2.61 bits per heavy atom. The van der Waals surface area contributed by atoms with Crippen LogP contribution < -0.4 is 0 Å². The highest BCUT2D eigenvalue weighted by Crippen LogP contribution is 2.31. The lowest BCUT2D eigenvalue weighted by atomic mass is 9.97. The van der Waals surface area contributed by atoms with E-state index in [0.717, 1.165) is 102 Å². The second-order valence-corrected chi connectivity index (χ2v) is 12.3. The largest absolute Gasteiger partial charge is 0.461 e. The van der Waals surface area contributed by atoms with Crippen LogP contribution in [0.25, 0.3) is 44.7 Å². The van der Waals surface area contributed by atoms with Crippen LogP contribution in [-0.2, 0) is 16.1 Å². The summed E-state index contributed by atoms with van der Waals surface area (Å²) in [6, 6.07) is 23.2. The van der Waals surface area contributed by atoms with Crippen LogP contribution in [0.2, 0.25) is 0 Å². The maximum atomic E-state index is 12.9. The lowest BCUT2D eigenvalue weighted by molar-refractivity contribution is -0.155. The third-order valence-electron chi connectivity index (χ3n) is 8.90. The molecule has 0 spiro atoms. The zero-order chi connectivity index (χ0) is 30.0. The summed E-state index contributed by atoms with van der Waals surface area (Å²) < 4.78 is 5.85. The number of pyridine rings is 2. The summed E-state index contributed by atoms with van der Waals surface area (Å²) in [5.41, 5.74) is 9.03. The first-order valence-corrected chi connectivity index (χ1v) is 15.6. The molecular weight excluding hydrogens is 548 g/mol. The Bertz CT molecular complexity index is 1780. The van der Waals surface area contributed by atoms with Gasteiger partial charge < -0.3 is 14.6 Å². The number of nitrogens with zero attached hydrogens (tertiary/aromatic N) is 5. The van der Waals surface area contributed by atoms with Crippen molar-refractivity contribution in [3.63, 3.8) is 0 Å². The predicted octanol–water partition coefficient (Wildman–Crippen LogP) is 6.12. The SMILES string of the molecule is Cc1cccc(-c2[nH]cnc2-c2ccc3ncc(-c4ccc(CN5CCCC(C(=O)O[C@@H]6CCN(C)C6)C5)cc4)cc3c2)n1. The van der Waals surface area contributed by atoms with E-state index in [0.29, 0.717) is 0 Å². The van der Waals surface area contributed by atoms with Crippen LogP contribution in [0.4, 0.5) is 0 Å². The molecule has 0 saturated carbocycles. The van der Waals surface area contributed by atoms with Gasteiger partial charge in [-0.05, 0) is 81.2 Å². The van der Waals surface area contributed by atoms with Gasteiger partial charge in [0.2, 0.25) is 0 Å². The average Bonchev–Trinajstić information content (AvgIpc) is 3.70. The monoisotopic (exact) mass is 586 g/mol. The molecule has 2 fully saturated rings. The van der Waals surface area contributed by atoms with Gasteiger partial charge in [0, 0.05) is 54.6 Å². The summed E-state index contributed by atoms with van der Waals surface area (Å²) in [5, 5.41) is 1.06. The summed E-state index contributed by atoms with van der Waals surface area (Å²) in [7, 11) is 2.08. The van der Waals surface area contributed by atoms with E-state index < -0.39 is 0 Å². The Morgan fingerprint density at radius 1 is 0.955 bits per heavy atom. The number of esters is 1. The number of carbonyl (C=O) groups excluding carboxylic acids is 1. The topological polar surface area (TPSA) is 87.2 Å². The fraction of sp³-hybridized carbons (Fsp3) is 0.333. The van der Waals surface area contributed by atoms with Gasteiger partial charge in [-0.3, -0.25) is 19.7 Å². The number of likely N-dealkylation sites (N-methyl/N-ethyl adjacent to an activating group) is 1. The Hall–Kier alpha value is -4.40. The second-order valence-electron chi connectivity index (χ2n) is 12.3. The van der Waals surface area contributed by atoms with Crippen molar-refractivity contribution in [2.75, 3.05) is 33.2 Å². The first-order chi connectivity index (χ1) is 21.5. The maximum Gasteiger partial charge on any atom is 0.310 e. The molecule has 8 heteroatoms. The minimum absolute atomic E-state index is 0.0207. The molecule has 0 radical (unpaired) electrons. The van der Waals surface area contributed by atoms with Crippen LogP contribution in [0.15, 0.2) is 79.3 Å². The molecule has 1 N–H and O–H groups in total. The number of carbonyl (C=O) groups is 1. The summed E-state index contributed by atoms with van der Waals surface area (Å²) in [5.74, 6) is -0.0548. The molecule has 2 aliphatic heterocycles. The molecule has 0 bridgehead atoms. The first-order valence-electron chi connectivity index (χ1n) is 15.6. The summed E-state index contributed by atoms with van der Waals surface area (Å²) in [6.45, 7) is 6.44. The molecule has 2 aliphatic rings. The van der Waals surface area contributed by atoms with E-state index in [1.54, 1.807) is 6.33 Å². The molecule has 2 atom stereocenters. The van der Waals surface area contributed by atoms with Gasteiger partial charge in [0.15, 0.2) is 0 Å². The number of likely N-dealkylation sites (tertiary alicyclic amines) is 2. The Kier molecular flexibility index (Phi) is 7.93. The molecule has 0 amide bonds. The molecule has 2 aromatic carbocycles. The number of aryl methyl sites for hydroxylation is 1. The molecule has 5 aromatic rings. The molecule has 44 heavy (non-hydrogen) atoms. The van der Waals surface area contributed by atoms with Crippen molar-refractivity contribution >= 4 is 16.9 Å². The van der Waals surface area contributed by atoms with Crippen molar-refractivity contribution in [2.45, 2.75) is 38.8 Å². The number of aromatic amines is 1. The maximum absolute atomic E-state index is 12.9.